The third-order valence-electron chi connectivity index (χ3n) is 4.61. The summed E-state index contributed by atoms with van der Waals surface area (Å²) in [6.07, 6.45) is -2.68. The second-order valence-corrected chi connectivity index (χ2v) is 6.66. The molecule has 0 bridgehead atoms. The van der Waals surface area contributed by atoms with Crippen LogP contribution in [0.2, 0.25) is 0 Å². The number of hydrogen-bond donors (Lipinski definition) is 2. The molecule has 1 aliphatic heterocycles. The zero-order chi connectivity index (χ0) is 18.0. The minimum Gasteiger partial charge on any atom is -0.478 e. The molecule has 134 valence electrons. The Morgan fingerprint density at radius 3 is 2.38 bits per heavy atom. The maximum absolute atomic E-state index is 12.7. The highest BCUT2D eigenvalue weighted by molar-refractivity contribution is 5.89. The Morgan fingerprint density at radius 2 is 1.83 bits per heavy atom. The Labute approximate surface area is 138 Å². The summed E-state index contributed by atoms with van der Waals surface area (Å²) >= 11 is 0. The normalized spacial score (nSPS) is 19.9. The van der Waals surface area contributed by atoms with E-state index in [-0.39, 0.29) is 11.5 Å². The number of alkyl halides is 3. The molecule has 0 spiro atoms. The second kappa shape index (κ2) is 7.11. The Kier molecular flexibility index (Phi) is 5.55. The molecule has 1 saturated heterocycles. The summed E-state index contributed by atoms with van der Waals surface area (Å²) in [4.78, 5) is 12.8. The predicted molar refractivity (Wildman–Crippen MR) is 82.9 cm³/mol. The van der Waals surface area contributed by atoms with E-state index in [0.29, 0.717) is 32.4 Å². The summed E-state index contributed by atoms with van der Waals surface area (Å²) in [6.45, 7) is 1.29. The first-order valence-electron chi connectivity index (χ1n) is 7.93. The predicted octanol–water partition coefficient (Wildman–Crippen LogP) is 2.95. The molecule has 1 unspecified atom stereocenters. The quantitative estimate of drug-likeness (QED) is 0.861. The molecule has 0 amide bonds. The van der Waals surface area contributed by atoms with Crippen molar-refractivity contribution in [3.8, 4) is 0 Å². The minimum absolute atomic E-state index is 0.234. The van der Waals surface area contributed by atoms with Crippen LogP contribution in [0.5, 0.6) is 0 Å². The molecule has 24 heavy (non-hydrogen) atoms. The van der Waals surface area contributed by atoms with Crippen molar-refractivity contribution in [2.75, 3.05) is 19.6 Å². The number of β-amino-alcohol motifs (C(OH)–C–C–N with tert-alkyl or cyclic N) is 1. The van der Waals surface area contributed by atoms with E-state index < -0.39 is 24.3 Å². The molecule has 0 aliphatic carbocycles. The van der Waals surface area contributed by atoms with Gasteiger partial charge in [0.2, 0.25) is 0 Å². The fourth-order valence-electron chi connectivity index (χ4n) is 3.09. The number of aliphatic hydroxyl groups is 1. The number of halogens is 3. The fraction of sp³-hybridized carbons (Fsp3) is 0.588. The highest BCUT2D eigenvalue weighted by Gasteiger charge is 2.50. The van der Waals surface area contributed by atoms with Crippen LogP contribution < -0.4 is 0 Å². The molecule has 1 heterocycles. The van der Waals surface area contributed by atoms with E-state index in [2.05, 4.69) is 0 Å². The van der Waals surface area contributed by atoms with Crippen LogP contribution in [-0.4, -0.2) is 52.5 Å². The zero-order valence-corrected chi connectivity index (χ0v) is 13.5. The van der Waals surface area contributed by atoms with Gasteiger partial charge in [0.1, 0.15) is 0 Å². The number of piperidine rings is 1. The lowest BCUT2D eigenvalue weighted by atomic mass is 9.88. The Morgan fingerprint density at radius 1 is 1.25 bits per heavy atom. The summed E-state index contributed by atoms with van der Waals surface area (Å²) in [5.74, 6) is -0.734. The highest BCUT2D eigenvalue weighted by atomic mass is 19.4. The average Bonchev–Trinajstić information content (AvgIpc) is 2.48. The molecular formula is C17H22F3NO3. The molecule has 0 saturated carbocycles. The minimum atomic E-state index is -4.65. The largest absolute Gasteiger partial charge is 0.478 e. The van der Waals surface area contributed by atoms with Crippen LogP contribution in [0, 0.1) is 5.92 Å². The topological polar surface area (TPSA) is 60.8 Å². The first kappa shape index (κ1) is 18.7. The number of carboxylic acids is 1. The van der Waals surface area contributed by atoms with E-state index in [0.717, 1.165) is 12.5 Å². The molecular weight excluding hydrogens is 323 g/mol. The first-order valence-corrected chi connectivity index (χ1v) is 7.93. The van der Waals surface area contributed by atoms with Gasteiger partial charge in [-0.3, -0.25) is 0 Å². The number of aromatic carboxylic acids is 1. The number of hydrogen-bond acceptors (Lipinski definition) is 3. The maximum atomic E-state index is 12.7. The van der Waals surface area contributed by atoms with Crippen LogP contribution in [0.1, 0.15) is 35.7 Å². The van der Waals surface area contributed by atoms with Gasteiger partial charge in [-0.05, 0) is 56.8 Å². The summed E-state index contributed by atoms with van der Waals surface area (Å²) in [5.41, 5.74) is -1.68. The van der Waals surface area contributed by atoms with Gasteiger partial charge < -0.3 is 15.1 Å². The summed E-state index contributed by atoms with van der Waals surface area (Å²) in [6, 6.07) is 6.81. The molecule has 0 radical (unpaired) electrons. The van der Waals surface area contributed by atoms with Crippen LogP contribution in [0.3, 0.4) is 0 Å². The van der Waals surface area contributed by atoms with Crippen molar-refractivity contribution >= 4 is 5.97 Å². The lowest BCUT2D eigenvalue weighted by molar-refractivity contribution is -0.258. The van der Waals surface area contributed by atoms with Gasteiger partial charge in [-0.2, -0.15) is 13.2 Å². The number of rotatable bonds is 5. The molecule has 2 rings (SSSR count). The maximum Gasteiger partial charge on any atom is 0.418 e. The van der Waals surface area contributed by atoms with Gasteiger partial charge in [-0.1, -0.05) is 18.2 Å². The van der Waals surface area contributed by atoms with E-state index in [9.17, 15) is 28.2 Å². The summed E-state index contributed by atoms with van der Waals surface area (Å²) in [5, 5.41) is 18.8. The number of carbonyl (C=O) groups is 1. The monoisotopic (exact) mass is 345 g/mol. The highest BCUT2D eigenvalue weighted by Crippen LogP contribution is 2.32. The van der Waals surface area contributed by atoms with Crippen LogP contribution in [-0.2, 0) is 6.42 Å². The van der Waals surface area contributed by atoms with E-state index in [1.54, 1.807) is 29.2 Å². The summed E-state index contributed by atoms with van der Waals surface area (Å²) < 4.78 is 38.2. The molecule has 4 nitrogen and oxygen atoms in total. The van der Waals surface area contributed by atoms with E-state index in [1.165, 1.54) is 0 Å². The standard InChI is InChI=1S/C17H22F3NO3/c1-16(24,17(18,19)20)11-21-8-6-12(7-9-21)10-13-4-2-3-5-14(13)15(22)23/h2-5,12,24H,6-11H2,1H3,(H,22,23). The smallest absolute Gasteiger partial charge is 0.418 e. The van der Waals surface area contributed by atoms with Crippen molar-refractivity contribution in [3.63, 3.8) is 0 Å². The number of carboxylic acid groups (broad SMARTS) is 1. The molecule has 2 N–H and O–H groups in total. The van der Waals surface area contributed by atoms with Gasteiger partial charge >= 0.3 is 12.1 Å². The third kappa shape index (κ3) is 4.48. The van der Waals surface area contributed by atoms with Crippen molar-refractivity contribution in [2.45, 2.75) is 38.0 Å². The Bertz CT molecular complexity index is 579. The van der Waals surface area contributed by atoms with Crippen molar-refractivity contribution in [1.29, 1.82) is 0 Å². The van der Waals surface area contributed by atoms with Gasteiger partial charge in [-0.25, -0.2) is 4.79 Å². The molecule has 1 aromatic rings. The zero-order valence-electron chi connectivity index (χ0n) is 13.5. The van der Waals surface area contributed by atoms with Crippen molar-refractivity contribution in [1.82, 2.24) is 4.90 Å². The molecule has 0 aromatic heterocycles. The van der Waals surface area contributed by atoms with E-state index >= 15 is 0 Å². The molecule has 1 fully saturated rings. The first-order chi connectivity index (χ1) is 11.1. The van der Waals surface area contributed by atoms with E-state index in [4.69, 9.17) is 0 Å². The molecule has 7 heteroatoms. The average molecular weight is 345 g/mol. The van der Waals surface area contributed by atoms with Gasteiger partial charge in [0, 0.05) is 6.54 Å². The van der Waals surface area contributed by atoms with Gasteiger partial charge in [0.15, 0.2) is 5.60 Å². The molecule has 1 atom stereocenters. The van der Waals surface area contributed by atoms with Crippen LogP contribution >= 0.6 is 0 Å². The lowest BCUT2D eigenvalue weighted by Gasteiger charge is -2.37. The number of benzene rings is 1. The van der Waals surface area contributed by atoms with Crippen LogP contribution in [0.15, 0.2) is 24.3 Å². The van der Waals surface area contributed by atoms with Crippen LogP contribution in [0.4, 0.5) is 13.2 Å². The lowest BCUT2D eigenvalue weighted by Crippen LogP contribution is -2.52. The van der Waals surface area contributed by atoms with Crippen molar-refractivity contribution < 1.29 is 28.2 Å². The third-order valence-corrected chi connectivity index (χ3v) is 4.61. The van der Waals surface area contributed by atoms with Crippen molar-refractivity contribution in [3.05, 3.63) is 35.4 Å². The summed E-state index contributed by atoms with van der Waals surface area (Å²) in [7, 11) is 0. The number of nitrogens with zero attached hydrogens (tertiary/aromatic N) is 1. The Balaban J connectivity index is 1.91. The molecule has 1 aromatic carbocycles. The Hall–Kier alpha value is -1.60. The van der Waals surface area contributed by atoms with Crippen LogP contribution in [0.25, 0.3) is 0 Å². The molecule has 1 aliphatic rings. The number of likely N-dealkylation sites (tertiary alicyclic amines) is 1. The SMILES string of the molecule is CC(O)(CN1CCC(Cc2ccccc2C(=O)O)CC1)C(F)(F)F. The van der Waals surface area contributed by atoms with Gasteiger partial charge in [-0.15, -0.1) is 0 Å². The van der Waals surface area contributed by atoms with Crippen molar-refractivity contribution in [2.24, 2.45) is 5.92 Å². The fourth-order valence-corrected chi connectivity index (χ4v) is 3.09. The second-order valence-electron chi connectivity index (χ2n) is 6.66. The van der Waals surface area contributed by atoms with Gasteiger partial charge in [0.25, 0.3) is 0 Å². The van der Waals surface area contributed by atoms with E-state index in [1.807, 2.05) is 0 Å². The van der Waals surface area contributed by atoms with Gasteiger partial charge in [0.05, 0.1) is 5.56 Å².